The predicted octanol–water partition coefficient (Wildman–Crippen LogP) is 6.10. The fourth-order valence-electron chi connectivity index (χ4n) is 3.09. The molecule has 0 aliphatic rings. The summed E-state index contributed by atoms with van der Waals surface area (Å²) in [6.45, 7) is 2.51. The lowest BCUT2D eigenvalue weighted by atomic mass is 10.0. The first kappa shape index (κ1) is 18.3. The summed E-state index contributed by atoms with van der Waals surface area (Å²) in [6.07, 6.45) is 1.76. The van der Waals surface area contributed by atoms with Gasteiger partial charge in [0.05, 0.1) is 11.9 Å². The van der Waals surface area contributed by atoms with Crippen molar-refractivity contribution < 1.29 is 9.84 Å². The van der Waals surface area contributed by atoms with Crippen LogP contribution in [0.3, 0.4) is 0 Å². The monoisotopic (exact) mass is 434 g/mol. The molecule has 0 spiro atoms. The van der Waals surface area contributed by atoms with Crippen molar-refractivity contribution in [3.05, 3.63) is 88.5 Å². The van der Waals surface area contributed by atoms with Gasteiger partial charge >= 0.3 is 0 Å². The van der Waals surface area contributed by atoms with E-state index in [0.29, 0.717) is 17.9 Å². The van der Waals surface area contributed by atoms with E-state index in [1.165, 1.54) is 5.56 Å². The van der Waals surface area contributed by atoms with Crippen LogP contribution in [0.25, 0.3) is 22.4 Å². The smallest absolute Gasteiger partial charge is 0.128 e. The maximum Gasteiger partial charge on any atom is 0.128 e. The number of H-pyrrole nitrogens is 1. The minimum atomic E-state index is 0.143. The molecule has 1 aromatic heterocycles. The Morgan fingerprint density at radius 2 is 1.79 bits per heavy atom. The molecule has 0 aliphatic carbocycles. The fourth-order valence-corrected chi connectivity index (χ4v) is 3.35. The van der Waals surface area contributed by atoms with Gasteiger partial charge in [0, 0.05) is 21.7 Å². The molecule has 4 rings (SSSR count). The highest BCUT2D eigenvalue weighted by Gasteiger charge is 2.14. The average Bonchev–Trinajstić information content (AvgIpc) is 3.17. The maximum absolute atomic E-state index is 10.6. The molecule has 3 aromatic carbocycles. The molecule has 0 radical (unpaired) electrons. The van der Waals surface area contributed by atoms with Crippen LogP contribution in [0.4, 0.5) is 0 Å². The summed E-state index contributed by atoms with van der Waals surface area (Å²) >= 11 is 3.45. The molecule has 0 saturated heterocycles. The zero-order valence-electron chi connectivity index (χ0n) is 15.3. The Bertz CT molecular complexity index is 1100. The second-order valence-corrected chi connectivity index (χ2v) is 7.48. The number of aromatic amines is 1. The molecule has 4 aromatic rings. The molecule has 0 atom stereocenters. The number of ether oxygens (including phenoxy) is 1. The van der Waals surface area contributed by atoms with Crippen LogP contribution in [-0.2, 0) is 6.61 Å². The van der Waals surface area contributed by atoms with Crippen LogP contribution >= 0.6 is 15.9 Å². The highest BCUT2D eigenvalue weighted by molar-refractivity contribution is 9.10. The fraction of sp³-hybridized carbons (Fsp3) is 0.0870. The molecule has 28 heavy (non-hydrogen) atoms. The zero-order valence-corrected chi connectivity index (χ0v) is 16.9. The van der Waals surface area contributed by atoms with Crippen molar-refractivity contribution in [1.82, 2.24) is 10.2 Å². The van der Waals surface area contributed by atoms with Crippen LogP contribution in [0.15, 0.2) is 77.4 Å². The van der Waals surface area contributed by atoms with Crippen molar-refractivity contribution in [2.75, 3.05) is 0 Å². The lowest BCUT2D eigenvalue weighted by Crippen LogP contribution is -1.97. The number of rotatable bonds is 5. The van der Waals surface area contributed by atoms with Gasteiger partial charge < -0.3 is 9.84 Å². The minimum absolute atomic E-state index is 0.143. The molecule has 140 valence electrons. The molecule has 1 heterocycles. The van der Waals surface area contributed by atoms with Gasteiger partial charge in [-0.05, 0) is 47.9 Å². The van der Waals surface area contributed by atoms with E-state index >= 15 is 0 Å². The molecule has 0 amide bonds. The van der Waals surface area contributed by atoms with Crippen molar-refractivity contribution in [1.29, 1.82) is 0 Å². The third kappa shape index (κ3) is 3.80. The predicted molar refractivity (Wildman–Crippen MR) is 114 cm³/mol. The van der Waals surface area contributed by atoms with Crippen molar-refractivity contribution in [2.45, 2.75) is 13.5 Å². The van der Waals surface area contributed by atoms with E-state index in [2.05, 4.69) is 39.1 Å². The Kier molecular flexibility index (Phi) is 5.17. The van der Waals surface area contributed by atoms with E-state index in [-0.39, 0.29) is 5.75 Å². The van der Waals surface area contributed by atoms with Crippen molar-refractivity contribution in [3.8, 4) is 33.9 Å². The minimum Gasteiger partial charge on any atom is -0.507 e. The number of aryl methyl sites for hydroxylation is 1. The largest absolute Gasteiger partial charge is 0.507 e. The van der Waals surface area contributed by atoms with E-state index in [0.717, 1.165) is 26.9 Å². The van der Waals surface area contributed by atoms with Gasteiger partial charge in [-0.25, -0.2) is 0 Å². The maximum atomic E-state index is 10.6. The Morgan fingerprint density at radius 1 is 1.00 bits per heavy atom. The van der Waals surface area contributed by atoms with Crippen LogP contribution < -0.4 is 4.74 Å². The van der Waals surface area contributed by atoms with Gasteiger partial charge in [0.15, 0.2) is 0 Å². The summed E-state index contributed by atoms with van der Waals surface area (Å²) in [5.41, 5.74) is 5.70. The molecule has 5 heteroatoms. The van der Waals surface area contributed by atoms with E-state index in [1.807, 2.05) is 54.6 Å². The quantitative estimate of drug-likeness (QED) is 0.398. The van der Waals surface area contributed by atoms with Crippen LogP contribution in [0.1, 0.15) is 11.1 Å². The van der Waals surface area contributed by atoms with Crippen LogP contribution in [0, 0.1) is 6.92 Å². The van der Waals surface area contributed by atoms with Gasteiger partial charge in [-0.15, -0.1) is 0 Å². The number of benzene rings is 3. The molecular weight excluding hydrogens is 416 g/mol. The van der Waals surface area contributed by atoms with Gasteiger partial charge in [-0.2, -0.15) is 5.10 Å². The van der Waals surface area contributed by atoms with Gasteiger partial charge in [-0.1, -0.05) is 52.3 Å². The Hall–Kier alpha value is -3.05. The summed E-state index contributed by atoms with van der Waals surface area (Å²) in [5, 5.41) is 17.8. The Labute approximate surface area is 172 Å². The topological polar surface area (TPSA) is 58.1 Å². The SMILES string of the molecule is Cc1ccccc1COc1ccc(-c2[nH]ncc2-c2ccc(Br)cc2)c(O)c1. The summed E-state index contributed by atoms with van der Waals surface area (Å²) in [7, 11) is 0. The van der Waals surface area contributed by atoms with Gasteiger partial charge in [0.1, 0.15) is 18.1 Å². The number of nitrogens with zero attached hydrogens (tertiary/aromatic N) is 1. The first-order valence-electron chi connectivity index (χ1n) is 8.92. The van der Waals surface area contributed by atoms with E-state index in [1.54, 1.807) is 12.3 Å². The normalized spacial score (nSPS) is 10.8. The first-order chi connectivity index (χ1) is 13.6. The molecule has 0 saturated carbocycles. The number of nitrogens with one attached hydrogen (secondary N) is 1. The molecule has 0 unspecified atom stereocenters. The standard InChI is InChI=1S/C23H19BrN2O2/c1-15-4-2-3-5-17(15)14-28-19-10-11-20(22(27)12-19)23-21(13-25-26-23)16-6-8-18(24)9-7-16/h2-13,27H,14H2,1H3,(H,25,26). The van der Waals surface area contributed by atoms with Gasteiger partial charge in [-0.3, -0.25) is 5.10 Å². The number of phenolic OH excluding ortho intramolecular Hbond substituents is 1. The Morgan fingerprint density at radius 3 is 2.54 bits per heavy atom. The van der Waals surface area contributed by atoms with Gasteiger partial charge in [0.2, 0.25) is 0 Å². The van der Waals surface area contributed by atoms with Crippen LogP contribution in [0.2, 0.25) is 0 Å². The highest BCUT2D eigenvalue weighted by atomic mass is 79.9. The number of aromatic nitrogens is 2. The molecule has 0 bridgehead atoms. The molecule has 4 nitrogen and oxygen atoms in total. The number of hydrogen-bond acceptors (Lipinski definition) is 3. The second-order valence-electron chi connectivity index (χ2n) is 6.56. The number of halogens is 1. The second kappa shape index (κ2) is 7.90. The lowest BCUT2D eigenvalue weighted by molar-refractivity contribution is 0.303. The van der Waals surface area contributed by atoms with E-state index in [9.17, 15) is 5.11 Å². The van der Waals surface area contributed by atoms with Crippen molar-refractivity contribution >= 4 is 15.9 Å². The molecule has 0 fully saturated rings. The average molecular weight is 435 g/mol. The number of phenols is 1. The lowest BCUT2D eigenvalue weighted by Gasteiger charge is -2.11. The van der Waals surface area contributed by atoms with Crippen LogP contribution in [-0.4, -0.2) is 15.3 Å². The van der Waals surface area contributed by atoms with Gasteiger partial charge in [0.25, 0.3) is 0 Å². The third-order valence-corrected chi connectivity index (χ3v) is 5.22. The zero-order chi connectivity index (χ0) is 19.5. The summed E-state index contributed by atoms with van der Waals surface area (Å²) in [6, 6.07) is 21.4. The summed E-state index contributed by atoms with van der Waals surface area (Å²) < 4.78 is 6.88. The molecule has 2 N–H and O–H groups in total. The Balaban J connectivity index is 1.58. The van der Waals surface area contributed by atoms with E-state index in [4.69, 9.17) is 4.74 Å². The summed E-state index contributed by atoms with van der Waals surface area (Å²) in [5.74, 6) is 0.763. The molecular formula is C23H19BrN2O2. The number of hydrogen-bond donors (Lipinski definition) is 2. The van der Waals surface area contributed by atoms with E-state index < -0.39 is 0 Å². The first-order valence-corrected chi connectivity index (χ1v) is 9.71. The van der Waals surface area contributed by atoms with Crippen molar-refractivity contribution in [3.63, 3.8) is 0 Å². The highest BCUT2D eigenvalue weighted by Crippen LogP contribution is 2.37. The van der Waals surface area contributed by atoms with Crippen molar-refractivity contribution in [2.24, 2.45) is 0 Å². The summed E-state index contributed by atoms with van der Waals surface area (Å²) in [4.78, 5) is 0. The molecule has 0 aliphatic heterocycles. The third-order valence-electron chi connectivity index (χ3n) is 4.69. The number of aromatic hydroxyl groups is 1. The van der Waals surface area contributed by atoms with Crippen LogP contribution in [0.5, 0.6) is 11.5 Å².